The smallest absolute Gasteiger partial charge is 0.326 e. The van der Waals surface area contributed by atoms with Gasteiger partial charge in [0.05, 0.1) is 31.9 Å². The van der Waals surface area contributed by atoms with Gasteiger partial charge in [-0.25, -0.2) is 4.79 Å². The van der Waals surface area contributed by atoms with Gasteiger partial charge in [0, 0.05) is 12.8 Å². The first-order valence-corrected chi connectivity index (χ1v) is 24.3. The summed E-state index contributed by atoms with van der Waals surface area (Å²) in [6.45, 7) is 5.74. The van der Waals surface area contributed by atoms with Crippen molar-refractivity contribution in [2.45, 2.75) is 153 Å². The number of aliphatic carboxylic acids is 4. The SMILES string of the molecule is CC(C)C[C@H](NC(=O)[C@H](CCC(N)=O)NC(=O)[C@H](CCCCN)NC(=O)[C@H](CO)NC(=O)[C@H](Cc1ccccc1)NC(=O)[C@H](CC(=O)O)NC(=O)[C@H](CC(=O)O)NC(=O)[C@H](CC(C)C)NC(=O)[C@@H](N)CC(=O)O)C(=O)O. The van der Waals surface area contributed by atoms with E-state index >= 15 is 0 Å². The molecule has 0 fully saturated rings. The summed E-state index contributed by atoms with van der Waals surface area (Å²) in [6.07, 6.45) is -4.00. The number of nitrogens with two attached hydrogens (primary N) is 3. The second-order valence-electron chi connectivity index (χ2n) is 18.6. The number of carbonyl (C=O) groups excluding carboxylic acids is 9. The van der Waals surface area contributed by atoms with Crippen molar-refractivity contribution in [1.82, 2.24) is 42.5 Å². The minimum atomic E-state index is -2.09. The van der Waals surface area contributed by atoms with E-state index in [2.05, 4.69) is 42.5 Å². The molecule has 0 bridgehead atoms. The van der Waals surface area contributed by atoms with Crippen molar-refractivity contribution in [3.8, 4) is 0 Å². The Morgan fingerprint density at radius 3 is 1.30 bits per heavy atom. The number of unbranched alkanes of at least 4 members (excludes halogenated alkanes) is 1. The standard InChI is InChI=1S/C47H73N11O18/c1-23(2)16-29(53-39(67)26(49)19-36(61)62)42(70)55-32(21-38(65)66)45(73)56-31(20-37(63)64)44(72)54-30(18-25-10-6-5-7-11-25)43(71)58-34(22-59)46(74)51-27(12-8-9-15-48)40(68)52-28(13-14-35(50)60)41(69)57-33(47(75)76)17-24(3)4/h5-7,10-11,23-24,26-34,59H,8-9,12-22,48-49H2,1-4H3,(H2,50,60)(H,51,74)(H,52,68)(H,53,67)(H,54,72)(H,55,70)(H,56,73)(H,57,69)(H,58,71)(H,61,62)(H,63,64)(H,65,66)(H,75,76)/t26-,27-,28-,29-,30-,31-,32-,33-,34-/m0/s1. The molecule has 29 heteroatoms. The van der Waals surface area contributed by atoms with Crippen molar-refractivity contribution in [2.24, 2.45) is 29.0 Å². The van der Waals surface area contributed by atoms with E-state index in [0.717, 1.165) is 0 Å². The van der Waals surface area contributed by atoms with Crippen LogP contribution in [0.4, 0.5) is 0 Å². The van der Waals surface area contributed by atoms with E-state index in [4.69, 9.17) is 22.3 Å². The lowest BCUT2D eigenvalue weighted by Gasteiger charge is -2.27. The number of rotatable bonds is 37. The zero-order chi connectivity index (χ0) is 57.8. The average molecular weight is 1080 g/mol. The quantitative estimate of drug-likeness (QED) is 0.0279. The molecule has 76 heavy (non-hydrogen) atoms. The summed E-state index contributed by atoms with van der Waals surface area (Å²) in [5.41, 5.74) is 16.9. The maximum absolute atomic E-state index is 14.0. The fraction of sp³-hybridized carbons (Fsp3) is 0.596. The Morgan fingerprint density at radius 1 is 0.474 bits per heavy atom. The van der Waals surface area contributed by atoms with Crippen LogP contribution < -0.4 is 59.7 Å². The summed E-state index contributed by atoms with van der Waals surface area (Å²) in [5.74, 6) is -16.8. The van der Waals surface area contributed by atoms with E-state index in [9.17, 15) is 82.8 Å². The number of aliphatic hydroxyl groups is 1. The molecule has 0 unspecified atom stereocenters. The van der Waals surface area contributed by atoms with Crippen molar-refractivity contribution in [2.75, 3.05) is 13.2 Å². The number of benzene rings is 1. The van der Waals surface area contributed by atoms with Crippen molar-refractivity contribution in [3.63, 3.8) is 0 Å². The molecule has 19 N–H and O–H groups in total. The second kappa shape index (κ2) is 33.9. The van der Waals surface area contributed by atoms with Gasteiger partial charge < -0.3 is 85.3 Å². The highest BCUT2D eigenvalue weighted by Gasteiger charge is 2.36. The highest BCUT2D eigenvalue weighted by atomic mass is 16.4. The molecule has 1 aromatic rings. The molecule has 0 saturated heterocycles. The Kier molecular flexibility index (Phi) is 29.6. The number of primary amides is 1. The molecule has 9 amide bonds. The third kappa shape index (κ3) is 25.9. The van der Waals surface area contributed by atoms with E-state index in [-0.39, 0.29) is 56.9 Å². The number of aliphatic hydroxyl groups excluding tert-OH is 1. The topological polar surface area (TPSA) is 497 Å². The molecule has 0 saturated carbocycles. The van der Waals surface area contributed by atoms with Crippen LogP contribution in [0.15, 0.2) is 30.3 Å². The zero-order valence-electron chi connectivity index (χ0n) is 42.7. The van der Waals surface area contributed by atoms with Gasteiger partial charge in [-0.3, -0.25) is 57.5 Å². The van der Waals surface area contributed by atoms with Gasteiger partial charge >= 0.3 is 23.9 Å². The first-order valence-electron chi connectivity index (χ1n) is 24.3. The van der Waals surface area contributed by atoms with Gasteiger partial charge in [-0.15, -0.1) is 0 Å². The molecular weight excluding hydrogens is 1010 g/mol. The molecule has 0 heterocycles. The largest absolute Gasteiger partial charge is 0.481 e. The van der Waals surface area contributed by atoms with E-state index in [1.165, 1.54) is 12.1 Å². The zero-order valence-corrected chi connectivity index (χ0v) is 42.7. The van der Waals surface area contributed by atoms with Crippen molar-refractivity contribution >= 4 is 77.0 Å². The molecule has 424 valence electrons. The normalized spacial score (nSPS) is 14.6. The fourth-order valence-corrected chi connectivity index (χ4v) is 7.20. The predicted molar refractivity (Wildman–Crippen MR) is 265 cm³/mol. The molecule has 0 aliphatic heterocycles. The summed E-state index contributed by atoms with van der Waals surface area (Å²) >= 11 is 0. The van der Waals surface area contributed by atoms with Crippen LogP contribution in [0.2, 0.25) is 0 Å². The van der Waals surface area contributed by atoms with Crippen molar-refractivity contribution in [3.05, 3.63) is 35.9 Å². The molecule has 0 spiro atoms. The van der Waals surface area contributed by atoms with Crippen LogP contribution in [-0.2, 0) is 68.7 Å². The van der Waals surface area contributed by atoms with E-state index in [1.807, 2.05) is 0 Å². The molecule has 0 radical (unpaired) electrons. The number of carboxylic acids is 4. The number of hydrogen-bond acceptors (Lipinski definition) is 16. The summed E-state index contributed by atoms with van der Waals surface area (Å²) in [5, 5.41) is 66.7. The molecule has 9 atom stereocenters. The Labute approximate surface area is 437 Å². The first-order chi connectivity index (χ1) is 35.6. The highest BCUT2D eigenvalue weighted by molar-refractivity contribution is 6.00. The third-order valence-electron chi connectivity index (χ3n) is 11.0. The maximum Gasteiger partial charge on any atom is 0.326 e. The lowest BCUT2D eigenvalue weighted by atomic mass is 10.0. The Bertz CT molecular complexity index is 2200. The van der Waals surface area contributed by atoms with Gasteiger partial charge in [0.2, 0.25) is 53.2 Å². The van der Waals surface area contributed by atoms with Crippen LogP contribution in [0.1, 0.15) is 97.5 Å². The second-order valence-corrected chi connectivity index (χ2v) is 18.6. The molecular formula is C47H73N11O18. The monoisotopic (exact) mass is 1080 g/mol. The number of nitrogens with one attached hydrogen (secondary N) is 8. The lowest BCUT2D eigenvalue weighted by molar-refractivity contribution is -0.143. The van der Waals surface area contributed by atoms with E-state index < -0.39 is 164 Å². The number of carbonyl (C=O) groups is 13. The van der Waals surface area contributed by atoms with Crippen molar-refractivity contribution < 1.29 is 87.9 Å². The van der Waals surface area contributed by atoms with Crippen LogP contribution in [0, 0.1) is 11.8 Å². The summed E-state index contributed by atoms with van der Waals surface area (Å²) < 4.78 is 0. The van der Waals surface area contributed by atoms with Crippen LogP contribution in [0.5, 0.6) is 0 Å². The highest BCUT2D eigenvalue weighted by Crippen LogP contribution is 2.12. The fourth-order valence-electron chi connectivity index (χ4n) is 7.20. The summed E-state index contributed by atoms with van der Waals surface area (Å²) in [7, 11) is 0. The van der Waals surface area contributed by atoms with Crippen LogP contribution >= 0.6 is 0 Å². The van der Waals surface area contributed by atoms with Crippen molar-refractivity contribution in [1.29, 1.82) is 0 Å². The Morgan fingerprint density at radius 2 is 0.855 bits per heavy atom. The molecule has 29 nitrogen and oxygen atoms in total. The summed E-state index contributed by atoms with van der Waals surface area (Å²) in [6, 6.07) is -7.42. The summed E-state index contributed by atoms with van der Waals surface area (Å²) in [4.78, 5) is 167. The molecule has 0 aliphatic rings. The van der Waals surface area contributed by atoms with Gasteiger partial charge in [0.25, 0.3) is 0 Å². The maximum atomic E-state index is 14.0. The average Bonchev–Trinajstić information content (AvgIpc) is 3.32. The molecule has 1 rings (SSSR count). The number of hydrogen-bond donors (Lipinski definition) is 16. The lowest BCUT2D eigenvalue weighted by Crippen LogP contribution is -2.61. The van der Waals surface area contributed by atoms with Gasteiger partial charge in [0.15, 0.2) is 0 Å². The van der Waals surface area contributed by atoms with Crippen LogP contribution in [0.3, 0.4) is 0 Å². The minimum Gasteiger partial charge on any atom is -0.481 e. The predicted octanol–water partition coefficient (Wildman–Crippen LogP) is -4.58. The molecule has 1 aromatic carbocycles. The molecule has 0 aromatic heterocycles. The van der Waals surface area contributed by atoms with Crippen LogP contribution in [0.25, 0.3) is 0 Å². The third-order valence-corrected chi connectivity index (χ3v) is 11.0. The van der Waals surface area contributed by atoms with E-state index in [0.29, 0.717) is 12.0 Å². The number of carboxylic acid groups (broad SMARTS) is 4. The van der Waals surface area contributed by atoms with E-state index in [1.54, 1.807) is 45.9 Å². The van der Waals surface area contributed by atoms with Gasteiger partial charge in [-0.05, 0) is 62.5 Å². The van der Waals surface area contributed by atoms with Gasteiger partial charge in [0.1, 0.15) is 48.3 Å². The Hall–Kier alpha value is -7.79. The Balaban J connectivity index is 3.53. The first kappa shape index (κ1) is 66.2. The van der Waals surface area contributed by atoms with Crippen LogP contribution in [-0.4, -0.2) is 170 Å². The number of amides is 9. The minimum absolute atomic E-state index is 0.0103. The van der Waals surface area contributed by atoms with Gasteiger partial charge in [-0.1, -0.05) is 58.0 Å². The molecule has 0 aliphatic carbocycles. The van der Waals surface area contributed by atoms with Gasteiger partial charge in [-0.2, -0.15) is 0 Å².